The second-order valence-corrected chi connectivity index (χ2v) is 4.53. The second kappa shape index (κ2) is 7.33. The number of hydrogen-bond donors (Lipinski definition) is 1. The van der Waals surface area contributed by atoms with Gasteiger partial charge < -0.3 is 14.4 Å². The molecule has 2 rings (SSSR count). The van der Waals surface area contributed by atoms with Crippen LogP contribution in [0.15, 0.2) is 24.3 Å². The normalized spacial score (nSPS) is 18.8. The van der Waals surface area contributed by atoms with Crippen LogP contribution in [0.5, 0.6) is 0 Å². The molecule has 1 aliphatic heterocycles. The first kappa shape index (κ1) is 14.9. The SMILES string of the molecule is COCCOCCN1C(=O)CNC1c1cccc(F)c1. The largest absolute Gasteiger partial charge is 0.382 e. The van der Waals surface area contributed by atoms with Crippen LogP contribution in [-0.4, -0.2) is 50.8 Å². The first-order valence-corrected chi connectivity index (χ1v) is 6.57. The summed E-state index contributed by atoms with van der Waals surface area (Å²) in [5.41, 5.74) is 0.743. The fraction of sp³-hybridized carbons (Fsp3) is 0.500. The Morgan fingerprint density at radius 2 is 2.25 bits per heavy atom. The molecule has 1 N–H and O–H groups in total. The number of halogens is 1. The summed E-state index contributed by atoms with van der Waals surface area (Å²) < 4.78 is 23.5. The van der Waals surface area contributed by atoms with Gasteiger partial charge in [-0.2, -0.15) is 0 Å². The summed E-state index contributed by atoms with van der Waals surface area (Å²) >= 11 is 0. The molecule has 0 radical (unpaired) electrons. The molecule has 20 heavy (non-hydrogen) atoms. The van der Waals surface area contributed by atoms with Gasteiger partial charge in [0.05, 0.1) is 26.4 Å². The lowest BCUT2D eigenvalue weighted by Crippen LogP contribution is -2.33. The van der Waals surface area contributed by atoms with E-state index in [-0.39, 0.29) is 24.4 Å². The highest BCUT2D eigenvalue weighted by atomic mass is 19.1. The molecule has 1 aromatic rings. The Hall–Kier alpha value is -1.50. The van der Waals surface area contributed by atoms with Gasteiger partial charge >= 0.3 is 0 Å². The number of hydrogen-bond acceptors (Lipinski definition) is 4. The van der Waals surface area contributed by atoms with Crippen molar-refractivity contribution in [2.45, 2.75) is 6.17 Å². The van der Waals surface area contributed by atoms with Crippen molar-refractivity contribution in [3.05, 3.63) is 35.6 Å². The molecule has 1 aliphatic rings. The van der Waals surface area contributed by atoms with Crippen molar-refractivity contribution in [2.24, 2.45) is 0 Å². The van der Waals surface area contributed by atoms with Crippen molar-refractivity contribution < 1.29 is 18.7 Å². The molecule has 0 aliphatic carbocycles. The van der Waals surface area contributed by atoms with E-state index in [2.05, 4.69) is 5.32 Å². The Morgan fingerprint density at radius 1 is 1.40 bits per heavy atom. The lowest BCUT2D eigenvalue weighted by atomic mass is 10.1. The molecule has 0 aromatic heterocycles. The minimum atomic E-state index is -0.306. The molecule has 1 atom stereocenters. The average Bonchev–Trinajstić information content (AvgIpc) is 2.80. The highest BCUT2D eigenvalue weighted by Gasteiger charge is 2.31. The summed E-state index contributed by atoms with van der Waals surface area (Å²) in [6, 6.07) is 6.27. The number of rotatable bonds is 7. The van der Waals surface area contributed by atoms with Gasteiger partial charge in [-0.05, 0) is 17.7 Å². The maximum absolute atomic E-state index is 13.3. The zero-order valence-corrected chi connectivity index (χ0v) is 11.5. The summed E-state index contributed by atoms with van der Waals surface area (Å²) in [4.78, 5) is 13.5. The number of carbonyl (C=O) groups excluding carboxylic acids is 1. The van der Waals surface area contributed by atoms with Gasteiger partial charge in [0.25, 0.3) is 0 Å². The third-order valence-corrected chi connectivity index (χ3v) is 3.15. The molecule has 1 unspecified atom stereocenters. The van der Waals surface area contributed by atoms with Crippen LogP contribution < -0.4 is 5.32 Å². The summed E-state index contributed by atoms with van der Waals surface area (Å²) in [6.45, 7) is 2.19. The Labute approximate surface area is 117 Å². The molecular weight excluding hydrogens is 263 g/mol. The molecule has 1 heterocycles. The van der Waals surface area contributed by atoms with Crippen LogP contribution in [0, 0.1) is 5.82 Å². The van der Waals surface area contributed by atoms with E-state index >= 15 is 0 Å². The average molecular weight is 282 g/mol. The van der Waals surface area contributed by atoms with E-state index in [0.29, 0.717) is 26.4 Å². The Bertz CT molecular complexity index is 456. The number of amides is 1. The predicted molar refractivity (Wildman–Crippen MR) is 71.6 cm³/mol. The van der Waals surface area contributed by atoms with Crippen LogP contribution in [0.2, 0.25) is 0 Å². The zero-order valence-electron chi connectivity index (χ0n) is 11.5. The molecule has 0 saturated carbocycles. The third kappa shape index (κ3) is 3.75. The number of methoxy groups -OCH3 is 1. The summed E-state index contributed by atoms with van der Waals surface area (Å²) in [5.74, 6) is -0.311. The van der Waals surface area contributed by atoms with E-state index in [1.807, 2.05) is 0 Å². The summed E-state index contributed by atoms with van der Waals surface area (Å²) in [5, 5.41) is 3.08. The van der Waals surface area contributed by atoms with Crippen molar-refractivity contribution >= 4 is 5.91 Å². The monoisotopic (exact) mass is 282 g/mol. The third-order valence-electron chi connectivity index (χ3n) is 3.15. The smallest absolute Gasteiger partial charge is 0.238 e. The fourth-order valence-electron chi connectivity index (χ4n) is 2.18. The summed E-state index contributed by atoms with van der Waals surface area (Å²) in [7, 11) is 1.61. The van der Waals surface area contributed by atoms with Gasteiger partial charge in [0, 0.05) is 13.7 Å². The molecule has 6 heteroatoms. The van der Waals surface area contributed by atoms with Gasteiger partial charge in [0.2, 0.25) is 5.91 Å². The molecule has 1 fully saturated rings. The number of benzene rings is 1. The van der Waals surface area contributed by atoms with Crippen molar-refractivity contribution in [1.29, 1.82) is 0 Å². The second-order valence-electron chi connectivity index (χ2n) is 4.53. The molecule has 1 amide bonds. The van der Waals surface area contributed by atoms with E-state index < -0.39 is 0 Å². The molecular formula is C14H19FN2O3. The predicted octanol–water partition coefficient (Wildman–Crippen LogP) is 0.919. The highest BCUT2D eigenvalue weighted by molar-refractivity contribution is 5.80. The first-order chi connectivity index (χ1) is 9.72. The van der Waals surface area contributed by atoms with Gasteiger partial charge in [-0.3, -0.25) is 10.1 Å². The van der Waals surface area contributed by atoms with Gasteiger partial charge in [0.15, 0.2) is 0 Å². The minimum Gasteiger partial charge on any atom is -0.382 e. The molecule has 110 valence electrons. The number of carbonyl (C=O) groups is 1. The van der Waals surface area contributed by atoms with E-state index in [0.717, 1.165) is 5.56 Å². The lowest BCUT2D eigenvalue weighted by molar-refractivity contribution is -0.128. The molecule has 0 spiro atoms. The highest BCUT2D eigenvalue weighted by Crippen LogP contribution is 2.22. The zero-order chi connectivity index (χ0) is 14.4. The summed E-state index contributed by atoms with van der Waals surface area (Å²) in [6.07, 6.45) is -0.288. The van der Waals surface area contributed by atoms with E-state index in [4.69, 9.17) is 9.47 Å². The Morgan fingerprint density at radius 3 is 3.00 bits per heavy atom. The number of nitrogens with one attached hydrogen (secondary N) is 1. The van der Waals surface area contributed by atoms with Crippen LogP contribution in [0.25, 0.3) is 0 Å². The van der Waals surface area contributed by atoms with Crippen molar-refractivity contribution in [3.8, 4) is 0 Å². The Kier molecular flexibility index (Phi) is 5.46. The van der Waals surface area contributed by atoms with Crippen LogP contribution in [0.1, 0.15) is 11.7 Å². The Balaban J connectivity index is 1.93. The molecule has 1 aromatic carbocycles. The number of nitrogens with zero attached hydrogens (tertiary/aromatic N) is 1. The van der Waals surface area contributed by atoms with Crippen molar-refractivity contribution in [3.63, 3.8) is 0 Å². The fourth-order valence-corrected chi connectivity index (χ4v) is 2.18. The van der Waals surface area contributed by atoms with Crippen LogP contribution >= 0.6 is 0 Å². The lowest BCUT2D eigenvalue weighted by Gasteiger charge is -2.24. The van der Waals surface area contributed by atoms with E-state index in [9.17, 15) is 9.18 Å². The maximum Gasteiger partial charge on any atom is 0.238 e. The van der Waals surface area contributed by atoms with Crippen LogP contribution in [-0.2, 0) is 14.3 Å². The van der Waals surface area contributed by atoms with Gasteiger partial charge in [-0.1, -0.05) is 12.1 Å². The quantitative estimate of drug-likeness (QED) is 0.756. The van der Waals surface area contributed by atoms with Crippen LogP contribution in [0.3, 0.4) is 0 Å². The molecule has 1 saturated heterocycles. The van der Waals surface area contributed by atoms with Gasteiger partial charge in [-0.15, -0.1) is 0 Å². The van der Waals surface area contributed by atoms with Gasteiger partial charge in [0.1, 0.15) is 12.0 Å². The molecule has 5 nitrogen and oxygen atoms in total. The van der Waals surface area contributed by atoms with Gasteiger partial charge in [-0.25, -0.2) is 4.39 Å². The van der Waals surface area contributed by atoms with E-state index in [1.54, 1.807) is 24.1 Å². The topological polar surface area (TPSA) is 50.8 Å². The molecule has 0 bridgehead atoms. The number of ether oxygens (including phenoxy) is 2. The standard InChI is InChI=1S/C14H19FN2O3/c1-19-7-8-20-6-5-17-13(18)10-16-14(17)11-3-2-4-12(15)9-11/h2-4,9,14,16H,5-8,10H2,1H3. The van der Waals surface area contributed by atoms with Crippen molar-refractivity contribution in [2.75, 3.05) is 40.0 Å². The van der Waals surface area contributed by atoms with Crippen LogP contribution in [0.4, 0.5) is 4.39 Å². The maximum atomic E-state index is 13.3. The van der Waals surface area contributed by atoms with E-state index in [1.165, 1.54) is 12.1 Å². The first-order valence-electron chi connectivity index (χ1n) is 6.57. The minimum absolute atomic E-state index is 0.00500. The van der Waals surface area contributed by atoms with Crippen molar-refractivity contribution in [1.82, 2.24) is 10.2 Å².